The summed E-state index contributed by atoms with van der Waals surface area (Å²) in [6.07, 6.45) is 0. The zero-order valence-electron chi connectivity index (χ0n) is 16.8. The molecule has 7 heteroatoms. The van der Waals surface area contributed by atoms with Gasteiger partial charge in [0.25, 0.3) is 5.91 Å². The van der Waals surface area contributed by atoms with Crippen molar-refractivity contribution in [2.75, 3.05) is 13.2 Å². The number of aromatic amines is 1. The summed E-state index contributed by atoms with van der Waals surface area (Å²) in [5.74, 6) is -1.78. The molecule has 1 aromatic heterocycles. The lowest BCUT2D eigenvalue weighted by Gasteiger charge is -2.27. The van der Waals surface area contributed by atoms with E-state index in [0.717, 1.165) is 6.07 Å². The van der Waals surface area contributed by atoms with Crippen LogP contribution >= 0.6 is 0 Å². The number of aryl methyl sites for hydroxylation is 1. The SMILES string of the molecule is CCOC(=O)c1[nH]c(C)c(C(=O)[C@@H](C)N(CC)C(=O)c2cccc(F)c2)c1C. The van der Waals surface area contributed by atoms with Crippen LogP contribution in [0.5, 0.6) is 0 Å². The first kappa shape index (κ1) is 21.3. The van der Waals surface area contributed by atoms with Gasteiger partial charge in [-0.3, -0.25) is 9.59 Å². The van der Waals surface area contributed by atoms with Gasteiger partial charge in [-0.25, -0.2) is 9.18 Å². The van der Waals surface area contributed by atoms with Gasteiger partial charge in [-0.2, -0.15) is 0 Å². The Labute approximate surface area is 163 Å². The number of nitrogens with one attached hydrogen (secondary N) is 1. The molecule has 0 saturated carbocycles. The number of H-pyrrole nitrogens is 1. The molecule has 0 aliphatic rings. The first-order chi connectivity index (χ1) is 13.2. The summed E-state index contributed by atoms with van der Waals surface area (Å²) < 4.78 is 18.5. The van der Waals surface area contributed by atoms with Gasteiger partial charge in [-0.05, 0) is 58.4 Å². The van der Waals surface area contributed by atoms with Crippen molar-refractivity contribution < 1.29 is 23.5 Å². The number of ether oxygens (including phenoxy) is 1. The van der Waals surface area contributed by atoms with Crippen molar-refractivity contribution in [3.05, 3.63) is 58.2 Å². The summed E-state index contributed by atoms with van der Waals surface area (Å²) in [7, 11) is 0. The quantitative estimate of drug-likeness (QED) is 0.580. The lowest BCUT2D eigenvalue weighted by molar-refractivity contribution is 0.0519. The van der Waals surface area contributed by atoms with Crippen LogP contribution in [-0.2, 0) is 4.74 Å². The average molecular weight is 388 g/mol. The summed E-state index contributed by atoms with van der Waals surface area (Å²) in [5, 5.41) is 0. The summed E-state index contributed by atoms with van der Waals surface area (Å²) in [6.45, 7) is 8.94. The first-order valence-electron chi connectivity index (χ1n) is 9.19. The molecule has 0 spiro atoms. The highest BCUT2D eigenvalue weighted by Crippen LogP contribution is 2.23. The van der Waals surface area contributed by atoms with Gasteiger partial charge in [0.05, 0.1) is 12.6 Å². The number of aromatic nitrogens is 1. The standard InChI is InChI=1S/C21H25FN2O4/c1-6-24(20(26)15-9-8-10-16(22)11-15)14(5)19(25)17-12(3)18(23-13(17)4)21(27)28-7-2/h8-11,14,23H,6-7H2,1-5H3/t14-/m1/s1. The molecule has 0 aliphatic carbocycles. The summed E-state index contributed by atoms with van der Waals surface area (Å²) >= 11 is 0. The second-order valence-corrected chi connectivity index (χ2v) is 6.49. The number of Topliss-reactive ketones (excluding diaryl/α,β-unsaturated/α-hetero) is 1. The second-order valence-electron chi connectivity index (χ2n) is 6.49. The lowest BCUT2D eigenvalue weighted by atomic mass is 9.99. The third-order valence-electron chi connectivity index (χ3n) is 4.68. The maximum atomic E-state index is 13.5. The summed E-state index contributed by atoms with van der Waals surface area (Å²) in [5.41, 5.74) is 1.79. The monoisotopic (exact) mass is 388 g/mol. The van der Waals surface area contributed by atoms with E-state index < -0.39 is 23.7 Å². The number of esters is 1. The zero-order valence-corrected chi connectivity index (χ0v) is 16.8. The number of likely N-dealkylation sites (N-methyl/N-ethyl adjacent to an activating group) is 1. The van der Waals surface area contributed by atoms with Crippen molar-refractivity contribution in [2.45, 2.75) is 40.7 Å². The van der Waals surface area contributed by atoms with Crippen molar-refractivity contribution in [3.8, 4) is 0 Å². The smallest absolute Gasteiger partial charge is 0.355 e. The number of nitrogens with zero attached hydrogens (tertiary/aromatic N) is 1. The van der Waals surface area contributed by atoms with Crippen LogP contribution in [0.25, 0.3) is 0 Å². The van der Waals surface area contributed by atoms with Crippen LogP contribution in [-0.4, -0.2) is 46.7 Å². The normalized spacial score (nSPS) is 11.8. The van der Waals surface area contributed by atoms with Gasteiger partial charge in [-0.15, -0.1) is 0 Å². The molecule has 1 aromatic carbocycles. The Hall–Kier alpha value is -2.96. The molecule has 2 rings (SSSR count). The Kier molecular flexibility index (Phi) is 6.72. The number of ketones is 1. The largest absolute Gasteiger partial charge is 0.461 e. The molecule has 1 N–H and O–H groups in total. The van der Waals surface area contributed by atoms with Gasteiger partial charge in [0.15, 0.2) is 5.78 Å². The molecule has 28 heavy (non-hydrogen) atoms. The van der Waals surface area contributed by atoms with Crippen molar-refractivity contribution in [1.82, 2.24) is 9.88 Å². The number of carbonyl (C=O) groups excluding carboxylic acids is 3. The summed E-state index contributed by atoms with van der Waals surface area (Å²) in [6, 6.07) is 4.58. The highest BCUT2D eigenvalue weighted by atomic mass is 19.1. The van der Waals surface area contributed by atoms with E-state index in [1.165, 1.54) is 23.1 Å². The van der Waals surface area contributed by atoms with Crippen molar-refractivity contribution in [1.29, 1.82) is 0 Å². The molecule has 1 atom stereocenters. The van der Waals surface area contributed by atoms with E-state index in [-0.39, 0.29) is 30.2 Å². The Morgan fingerprint density at radius 2 is 1.89 bits per heavy atom. The Morgan fingerprint density at radius 1 is 1.21 bits per heavy atom. The number of rotatable bonds is 7. The maximum Gasteiger partial charge on any atom is 0.355 e. The van der Waals surface area contributed by atoms with E-state index in [1.54, 1.807) is 34.6 Å². The minimum absolute atomic E-state index is 0.177. The average Bonchev–Trinajstić information content (AvgIpc) is 2.96. The third-order valence-corrected chi connectivity index (χ3v) is 4.68. The molecule has 1 amide bonds. The highest BCUT2D eigenvalue weighted by Gasteiger charge is 2.31. The van der Waals surface area contributed by atoms with E-state index >= 15 is 0 Å². The van der Waals surface area contributed by atoms with E-state index in [1.807, 2.05) is 0 Å². The van der Waals surface area contributed by atoms with Crippen molar-refractivity contribution in [2.24, 2.45) is 0 Å². The molecule has 6 nitrogen and oxygen atoms in total. The fraction of sp³-hybridized carbons (Fsp3) is 0.381. The van der Waals surface area contributed by atoms with Gasteiger partial charge in [0.2, 0.25) is 0 Å². The van der Waals surface area contributed by atoms with Crippen LogP contribution in [0.15, 0.2) is 24.3 Å². The zero-order chi connectivity index (χ0) is 21.0. The molecule has 2 aromatic rings. The topological polar surface area (TPSA) is 79.5 Å². The molecular formula is C21H25FN2O4. The predicted molar refractivity (Wildman–Crippen MR) is 103 cm³/mol. The minimum atomic E-state index is -0.788. The van der Waals surface area contributed by atoms with E-state index in [9.17, 15) is 18.8 Å². The lowest BCUT2D eigenvalue weighted by Crippen LogP contribution is -2.43. The summed E-state index contributed by atoms with van der Waals surface area (Å²) in [4.78, 5) is 42.3. The van der Waals surface area contributed by atoms with Crippen LogP contribution in [0.2, 0.25) is 0 Å². The highest BCUT2D eigenvalue weighted by molar-refractivity contribution is 6.07. The molecule has 0 saturated heterocycles. The molecule has 0 radical (unpaired) electrons. The minimum Gasteiger partial charge on any atom is -0.461 e. The van der Waals surface area contributed by atoms with Crippen LogP contribution in [0.4, 0.5) is 4.39 Å². The van der Waals surface area contributed by atoms with E-state index in [2.05, 4.69) is 4.98 Å². The molecular weight excluding hydrogens is 363 g/mol. The molecule has 1 heterocycles. The molecule has 0 unspecified atom stereocenters. The number of amides is 1. The number of hydrogen-bond acceptors (Lipinski definition) is 4. The third kappa shape index (κ3) is 4.13. The molecule has 0 fully saturated rings. The van der Waals surface area contributed by atoms with Gasteiger partial charge >= 0.3 is 5.97 Å². The van der Waals surface area contributed by atoms with Gasteiger partial charge in [-0.1, -0.05) is 6.07 Å². The first-order valence-corrected chi connectivity index (χ1v) is 9.19. The number of hydrogen-bond donors (Lipinski definition) is 1. The molecule has 0 bridgehead atoms. The Bertz CT molecular complexity index is 904. The van der Waals surface area contributed by atoms with Gasteiger partial charge < -0.3 is 14.6 Å². The predicted octanol–water partition coefficient (Wildman–Crippen LogP) is 3.68. The van der Waals surface area contributed by atoms with Gasteiger partial charge in [0, 0.05) is 23.4 Å². The molecule has 150 valence electrons. The maximum absolute atomic E-state index is 13.5. The Balaban J connectivity index is 2.34. The number of benzene rings is 1. The molecule has 0 aliphatic heterocycles. The Morgan fingerprint density at radius 3 is 2.46 bits per heavy atom. The van der Waals surface area contributed by atoms with Crippen LogP contribution in [0.3, 0.4) is 0 Å². The number of carbonyl (C=O) groups is 3. The van der Waals surface area contributed by atoms with Gasteiger partial charge in [0.1, 0.15) is 11.5 Å². The fourth-order valence-corrected chi connectivity index (χ4v) is 3.26. The van der Waals surface area contributed by atoms with Crippen LogP contribution in [0, 0.1) is 19.7 Å². The van der Waals surface area contributed by atoms with E-state index in [4.69, 9.17) is 4.74 Å². The van der Waals surface area contributed by atoms with E-state index in [0.29, 0.717) is 16.8 Å². The number of halogens is 1. The van der Waals surface area contributed by atoms with Crippen LogP contribution < -0.4 is 0 Å². The van der Waals surface area contributed by atoms with Crippen LogP contribution in [0.1, 0.15) is 63.2 Å². The van der Waals surface area contributed by atoms with Crippen molar-refractivity contribution >= 4 is 17.7 Å². The van der Waals surface area contributed by atoms with Crippen molar-refractivity contribution in [3.63, 3.8) is 0 Å². The fourth-order valence-electron chi connectivity index (χ4n) is 3.26. The second kappa shape index (κ2) is 8.82.